The molecule has 0 bridgehead atoms. The lowest BCUT2D eigenvalue weighted by Gasteiger charge is -2.34. The van der Waals surface area contributed by atoms with Gasteiger partial charge in [0.25, 0.3) is 0 Å². The number of aliphatic carboxylic acids is 1. The number of aromatic carboxylic acids is 1. The van der Waals surface area contributed by atoms with Gasteiger partial charge < -0.3 is 15.1 Å². The van der Waals surface area contributed by atoms with Crippen LogP contribution in [0.5, 0.6) is 0 Å². The number of amides is 1. The summed E-state index contributed by atoms with van der Waals surface area (Å²) in [4.78, 5) is 48.0. The highest BCUT2D eigenvalue weighted by Gasteiger charge is 2.25. The summed E-state index contributed by atoms with van der Waals surface area (Å²) in [5.41, 5.74) is 0.785. The Balaban J connectivity index is 1.87. The Morgan fingerprint density at radius 1 is 1.20 bits per heavy atom. The minimum Gasteiger partial charge on any atom is -0.481 e. The van der Waals surface area contributed by atoms with Crippen LogP contribution in [0.2, 0.25) is 0 Å². The molecule has 1 amide bonds. The number of hydrogen-bond acceptors (Lipinski definition) is 5. The van der Waals surface area contributed by atoms with E-state index in [1.807, 2.05) is 0 Å². The fourth-order valence-corrected chi connectivity index (χ4v) is 4.20. The van der Waals surface area contributed by atoms with E-state index in [-0.39, 0.29) is 36.1 Å². The van der Waals surface area contributed by atoms with E-state index in [1.54, 1.807) is 34.9 Å². The van der Waals surface area contributed by atoms with Crippen molar-refractivity contribution in [3.05, 3.63) is 47.5 Å². The Labute approximate surface area is 180 Å². The van der Waals surface area contributed by atoms with E-state index in [0.717, 1.165) is 24.3 Å². The quantitative estimate of drug-likeness (QED) is 0.385. The first-order chi connectivity index (χ1) is 14.4. The molecule has 0 aromatic heterocycles. The number of benzene rings is 1. The molecule has 0 unspecified atom stereocenters. The molecule has 1 fully saturated rings. The van der Waals surface area contributed by atoms with E-state index in [0.29, 0.717) is 24.9 Å². The highest BCUT2D eigenvalue weighted by Crippen LogP contribution is 2.20. The van der Waals surface area contributed by atoms with Crippen LogP contribution in [-0.4, -0.2) is 62.8 Å². The van der Waals surface area contributed by atoms with Crippen LogP contribution in [0.25, 0.3) is 0 Å². The summed E-state index contributed by atoms with van der Waals surface area (Å²) in [5, 5.41) is 17.7. The van der Waals surface area contributed by atoms with Gasteiger partial charge in [0.1, 0.15) is 0 Å². The molecule has 7 nitrogen and oxygen atoms in total. The van der Waals surface area contributed by atoms with Crippen molar-refractivity contribution >= 4 is 35.4 Å². The molecule has 30 heavy (non-hydrogen) atoms. The molecular formula is C22H27NO6S. The molecule has 1 aromatic carbocycles. The van der Waals surface area contributed by atoms with Gasteiger partial charge in [0.2, 0.25) is 5.91 Å². The second-order valence-corrected chi connectivity index (χ2v) is 8.39. The second kappa shape index (κ2) is 12.2. The predicted molar refractivity (Wildman–Crippen MR) is 115 cm³/mol. The van der Waals surface area contributed by atoms with Crippen LogP contribution in [0.1, 0.15) is 48.0 Å². The monoisotopic (exact) mass is 433 g/mol. The number of piperidine rings is 1. The maximum absolute atomic E-state index is 12.3. The van der Waals surface area contributed by atoms with E-state index in [2.05, 4.69) is 0 Å². The molecule has 2 N–H and O–H groups in total. The van der Waals surface area contributed by atoms with Crippen LogP contribution >= 0.6 is 11.8 Å². The Hall–Kier alpha value is -2.61. The SMILES string of the molecule is O=C(O)CCCSCCN1C(=O)CCC[C@@H]1C=CC(=O)Cc1cccc(C(=O)O)c1. The summed E-state index contributed by atoms with van der Waals surface area (Å²) in [6.07, 6.45) is 6.22. The Morgan fingerprint density at radius 2 is 2.00 bits per heavy atom. The number of nitrogens with zero attached hydrogens (tertiary/aromatic N) is 1. The molecule has 1 saturated heterocycles. The zero-order chi connectivity index (χ0) is 21.9. The molecule has 0 saturated carbocycles. The van der Waals surface area contributed by atoms with Crippen LogP contribution in [0.15, 0.2) is 36.4 Å². The molecule has 1 aliphatic rings. The molecule has 2 rings (SSSR count). The number of carboxylic acids is 2. The van der Waals surface area contributed by atoms with Crippen LogP contribution < -0.4 is 0 Å². The second-order valence-electron chi connectivity index (χ2n) is 7.16. The lowest BCUT2D eigenvalue weighted by molar-refractivity contribution is -0.137. The maximum atomic E-state index is 12.3. The van der Waals surface area contributed by atoms with Crippen molar-refractivity contribution in [2.45, 2.75) is 44.6 Å². The highest BCUT2D eigenvalue weighted by atomic mass is 32.2. The summed E-state index contributed by atoms with van der Waals surface area (Å²) in [6, 6.07) is 6.19. The van der Waals surface area contributed by atoms with Crippen molar-refractivity contribution in [1.29, 1.82) is 0 Å². The Kier molecular flexibility index (Phi) is 9.60. The molecular weight excluding hydrogens is 406 g/mol. The number of likely N-dealkylation sites (tertiary alicyclic amines) is 1. The summed E-state index contributed by atoms with van der Waals surface area (Å²) in [6.45, 7) is 0.570. The number of thioether (sulfide) groups is 1. The molecule has 1 heterocycles. The summed E-state index contributed by atoms with van der Waals surface area (Å²) >= 11 is 1.63. The topological polar surface area (TPSA) is 112 Å². The van der Waals surface area contributed by atoms with Crippen molar-refractivity contribution < 1.29 is 29.4 Å². The molecule has 1 atom stereocenters. The smallest absolute Gasteiger partial charge is 0.335 e. The third-order valence-electron chi connectivity index (χ3n) is 4.82. The summed E-state index contributed by atoms with van der Waals surface area (Å²) in [7, 11) is 0. The zero-order valence-electron chi connectivity index (χ0n) is 16.8. The van der Waals surface area contributed by atoms with Gasteiger partial charge in [-0.15, -0.1) is 0 Å². The molecule has 162 valence electrons. The number of rotatable bonds is 12. The van der Waals surface area contributed by atoms with Crippen molar-refractivity contribution in [3.8, 4) is 0 Å². The van der Waals surface area contributed by atoms with Crippen LogP contribution in [0, 0.1) is 0 Å². The Morgan fingerprint density at radius 3 is 2.73 bits per heavy atom. The van der Waals surface area contributed by atoms with E-state index < -0.39 is 11.9 Å². The lowest BCUT2D eigenvalue weighted by Crippen LogP contribution is -2.43. The molecule has 8 heteroatoms. The molecule has 0 radical (unpaired) electrons. The largest absolute Gasteiger partial charge is 0.481 e. The van der Waals surface area contributed by atoms with Gasteiger partial charge in [0.15, 0.2) is 5.78 Å². The van der Waals surface area contributed by atoms with Gasteiger partial charge in [0, 0.05) is 31.6 Å². The predicted octanol–water partition coefficient (Wildman–Crippen LogP) is 3.03. The standard InChI is InChI=1S/C22H27NO6S/c24-19(15-16-4-1-5-17(14-16)22(28)29)10-9-18-6-2-7-20(25)23(18)11-13-30-12-3-8-21(26)27/h1,4-5,9-10,14,18H,2-3,6-8,11-13,15H2,(H,26,27)(H,28,29)/t18-/m1/s1. The van der Waals surface area contributed by atoms with Crippen LogP contribution in [-0.2, 0) is 20.8 Å². The van der Waals surface area contributed by atoms with Crippen LogP contribution in [0.4, 0.5) is 0 Å². The average Bonchev–Trinajstić information content (AvgIpc) is 2.70. The van der Waals surface area contributed by atoms with Crippen molar-refractivity contribution in [1.82, 2.24) is 4.90 Å². The lowest BCUT2D eigenvalue weighted by atomic mass is 10.00. The number of hydrogen-bond donors (Lipinski definition) is 2. The number of allylic oxidation sites excluding steroid dienone is 1. The van der Waals surface area contributed by atoms with E-state index in [9.17, 15) is 19.2 Å². The first-order valence-electron chi connectivity index (χ1n) is 9.99. The maximum Gasteiger partial charge on any atom is 0.335 e. The summed E-state index contributed by atoms with van der Waals surface area (Å²) < 4.78 is 0. The van der Waals surface area contributed by atoms with Gasteiger partial charge >= 0.3 is 11.9 Å². The van der Waals surface area contributed by atoms with Gasteiger partial charge in [-0.25, -0.2) is 4.79 Å². The minimum atomic E-state index is -1.03. The number of carbonyl (C=O) groups is 4. The van der Waals surface area contributed by atoms with Gasteiger partial charge in [-0.2, -0.15) is 11.8 Å². The van der Waals surface area contributed by atoms with Crippen molar-refractivity contribution in [3.63, 3.8) is 0 Å². The third kappa shape index (κ3) is 8.02. The highest BCUT2D eigenvalue weighted by molar-refractivity contribution is 7.99. The molecule has 0 aliphatic carbocycles. The van der Waals surface area contributed by atoms with E-state index in [1.165, 1.54) is 18.2 Å². The Bertz CT molecular complexity index is 807. The minimum absolute atomic E-state index is 0.0728. The third-order valence-corrected chi connectivity index (χ3v) is 5.87. The van der Waals surface area contributed by atoms with Gasteiger partial charge in [0.05, 0.1) is 11.6 Å². The number of ketones is 1. The van der Waals surface area contributed by atoms with Crippen molar-refractivity contribution in [2.75, 3.05) is 18.1 Å². The van der Waals surface area contributed by atoms with Crippen LogP contribution in [0.3, 0.4) is 0 Å². The van der Waals surface area contributed by atoms with E-state index >= 15 is 0 Å². The fraction of sp³-hybridized carbons (Fsp3) is 0.455. The number of carbonyl (C=O) groups excluding carboxylic acids is 2. The fourth-order valence-electron chi connectivity index (χ4n) is 3.32. The van der Waals surface area contributed by atoms with Gasteiger partial charge in [-0.05, 0) is 48.8 Å². The molecule has 0 spiro atoms. The normalized spacial score (nSPS) is 16.7. The summed E-state index contributed by atoms with van der Waals surface area (Å²) in [5.74, 6) is -0.431. The van der Waals surface area contributed by atoms with Gasteiger partial charge in [-0.3, -0.25) is 14.4 Å². The average molecular weight is 434 g/mol. The van der Waals surface area contributed by atoms with E-state index in [4.69, 9.17) is 10.2 Å². The first-order valence-corrected chi connectivity index (χ1v) is 11.1. The molecule has 1 aliphatic heterocycles. The van der Waals surface area contributed by atoms with Gasteiger partial charge in [-0.1, -0.05) is 18.2 Å². The molecule has 1 aromatic rings. The number of carboxylic acid groups (broad SMARTS) is 2. The van der Waals surface area contributed by atoms with Crippen molar-refractivity contribution in [2.24, 2.45) is 0 Å². The first kappa shape index (κ1) is 23.7. The zero-order valence-corrected chi connectivity index (χ0v) is 17.6.